The third kappa shape index (κ3) is 2.96. The van der Waals surface area contributed by atoms with E-state index in [1.165, 1.54) is 25.5 Å². The maximum absolute atomic E-state index is 13.9. The number of nitrogen functional groups attached to an aromatic ring is 1. The summed E-state index contributed by atoms with van der Waals surface area (Å²) in [4.78, 5) is 20.0. The Balaban J connectivity index is 2.51. The number of ether oxygens (including phenoxy) is 1. The molecule has 0 saturated carbocycles. The molecule has 1 atom stereocenters. The predicted molar refractivity (Wildman–Crippen MR) is 75.2 cm³/mol. The summed E-state index contributed by atoms with van der Waals surface area (Å²) in [5.74, 6) is -1.51. The second kappa shape index (κ2) is 6.06. The number of carbonyl (C=O) groups is 1. The zero-order valence-electron chi connectivity index (χ0n) is 11.3. The van der Waals surface area contributed by atoms with Crippen molar-refractivity contribution >= 4 is 22.8 Å². The maximum atomic E-state index is 13.9. The van der Waals surface area contributed by atoms with Gasteiger partial charge in [0, 0.05) is 17.4 Å². The lowest BCUT2D eigenvalue weighted by atomic mass is 10.0. The molecule has 1 unspecified atom stereocenters. The number of hydrogen-bond donors (Lipinski definition) is 1. The second-order valence-electron chi connectivity index (χ2n) is 4.05. The van der Waals surface area contributed by atoms with Crippen LogP contribution in [0.2, 0.25) is 0 Å². The van der Waals surface area contributed by atoms with Crippen LogP contribution in [0.15, 0.2) is 29.6 Å². The molecule has 110 valence electrons. The van der Waals surface area contributed by atoms with E-state index < -0.39 is 22.8 Å². The number of aromatic nitrogens is 2. The van der Waals surface area contributed by atoms with Gasteiger partial charge in [0.1, 0.15) is 29.2 Å². The van der Waals surface area contributed by atoms with Gasteiger partial charge in [0.2, 0.25) is 5.78 Å². The Bertz CT molecular complexity index is 694. The molecule has 0 aliphatic heterocycles. The van der Waals surface area contributed by atoms with Crippen LogP contribution < -0.4 is 10.5 Å². The molecule has 6 nitrogen and oxygen atoms in total. The average molecular weight is 309 g/mol. The number of nitrogens with zero attached hydrogens (tertiary/aromatic N) is 2. The van der Waals surface area contributed by atoms with Gasteiger partial charge in [-0.25, -0.2) is 4.39 Å². The van der Waals surface area contributed by atoms with Crippen LogP contribution in [0.4, 0.5) is 10.2 Å². The molecular weight excluding hydrogens is 297 g/mol. The van der Waals surface area contributed by atoms with E-state index in [0.717, 1.165) is 12.3 Å². The van der Waals surface area contributed by atoms with E-state index in [1.54, 1.807) is 0 Å². The van der Waals surface area contributed by atoms with E-state index in [4.69, 9.17) is 10.5 Å². The summed E-state index contributed by atoms with van der Waals surface area (Å²) in [5, 5.41) is 0.00421. The summed E-state index contributed by atoms with van der Waals surface area (Å²) in [7, 11) is 1.33. The number of anilines is 1. The highest BCUT2D eigenvalue weighted by atomic mass is 32.2. The van der Waals surface area contributed by atoms with Crippen molar-refractivity contribution < 1.29 is 18.5 Å². The molecule has 0 spiro atoms. The van der Waals surface area contributed by atoms with Gasteiger partial charge in [-0.3, -0.25) is 4.79 Å². The number of methoxy groups -OCH3 is 1. The Labute approximate surface area is 123 Å². The summed E-state index contributed by atoms with van der Waals surface area (Å²) < 4.78 is 30.1. The molecule has 0 saturated heterocycles. The highest BCUT2D eigenvalue weighted by Gasteiger charge is 2.23. The highest BCUT2D eigenvalue weighted by Crippen LogP contribution is 2.25. The van der Waals surface area contributed by atoms with Crippen molar-refractivity contribution in [3.05, 3.63) is 41.3 Å². The van der Waals surface area contributed by atoms with Gasteiger partial charge in [0.15, 0.2) is 0 Å². The third-order valence-corrected chi connectivity index (χ3v) is 3.43. The highest BCUT2D eigenvalue weighted by molar-refractivity contribution is 7.90. The molecule has 2 aromatic rings. The van der Waals surface area contributed by atoms with Crippen LogP contribution in [0.1, 0.15) is 15.9 Å². The van der Waals surface area contributed by atoms with Gasteiger partial charge in [-0.1, -0.05) is 6.07 Å². The Morgan fingerprint density at radius 2 is 2.19 bits per heavy atom. The van der Waals surface area contributed by atoms with E-state index in [9.17, 15) is 13.7 Å². The molecule has 0 fully saturated rings. The van der Waals surface area contributed by atoms with Crippen LogP contribution in [-0.2, 0) is 11.2 Å². The lowest BCUT2D eigenvalue weighted by molar-refractivity contribution is 0.103. The Hall–Kier alpha value is -2.19. The van der Waals surface area contributed by atoms with Gasteiger partial charge in [0.25, 0.3) is 0 Å². The smallest absolute Gasteiger partial charge is 0.344 e. The fraction of sp³-hybridized carbons (Fsp3) is 0.154. The van der Waals surface area contributed by atoms with E-state index in [0.29, 0.717) is 0 Å². The van der Waals surface area contributed by atoms with Crippen molar-refractivity contribution in [2.75, 3.05) is 19.1 Å². The van der Waals surface area contributed by atoms with Gasteiger partial charge in [-0.2, -0.15) is 9.97 Å². The summed E-state index contributed by atoms with van der Waals surface area (Å²) in [6.07, 6.45) is 2.52. The third-order valence-electron chi connectivity index (χ3n) is 2.72. The Kier molecular flexibility index (Phi) is 4.39. The first-order valence-corrected chi connectivity index (χ1v) is 7.34. The average Bonchev–Trinajstić information content (AvgIpc) is 2.46. The van der Waals surface area contributed by atoms with Crippen molar-refractivity contribution in [3.8, 4) is 5.75 Å². The first kappa shape index (κ1) is 15.2. The predicted octanol–water partition coefficient (Wildman–Crippen LogP) is 1.17. The number of ketones is 1. The van der Waals surface area contributed by atoms with E-state index in [-0.39, 0.29) is 27.9 Å². The summed E-state index contributed by atoms with van der Waals surface area (Å²) >= 11 is -1.43. The minimum absolute atomic E-state index is 0.00421. The first-order chi connectivity index (χ1) is 9.95. The Morgan fingerprint density at radius 3 is 2.76 bits per heavy atom. The SMILES string of the molecule is COc1cccc(F)c1C(=O)c1cnc([S+](C)[O-])nc1N. The van der Waals surface area contributed by atoms with Crippen LogP contribution in [-0.4, -0.2) is 33.7 Å². The van der Waals surface area contributed by atoms with Crippen molar-refractivity contribution in [1.29, 1.82) is 0 Å². The number of nitrogens with two attached hydrogens (primary N) is 1. The monoisotopic (exact) mass is 309 g/mol. The van der Waals surface area contributed by atoms with Crippen LogP contribution in [0.5, 0.6) is 5.75 Å². The molecule has 0 aliphatic rings. The topological polar surface area (TPSA) is 101 Å². The lowest BCUT2D eigenvalue weighted by Crippen LogP contribution is -2.14. The van der Waals surface area contributed by atoms with Crippen molar-refractivity contribution in [3.63, 3.8) is 0 Å². The Morgan fingerprint density at radius 1 is 1.48 bits per heavy atom. The normalized spacial score (nSPS) is 12.0. The zero-order valence-corrected chi connectivity index (χ0v) is 12.1. The van der Waals surface area contributed by atoms with Gasteiger partial charge in [-0.15, -0.1) is 0 Å². The van der Waals surface area contributed by atoms with Crippen LogP contribution >= 0.6 is 0 Å². The molecular formula is C13H12FN3O3S. The van der Waals surface area contributed by atoms with Gasteiger partial charge in [-0.05, 0) is 12.1 Å². The summed E-state index contributed by atoms with van der Waals surface area (Å²) in [6.45, 7) is 0. The molecule has 0 amide bonds. The fourth-order valence-electron chi connectivity index (χ4n) is 1.72. The van der Waals surface area contributed by atoms with Crippen molar-refractivity contribution in [2.24, 2.45) is 0 Å². The van der Waals surface area contributed by atoms with Crippen LogP contribution in [0.25, 0.3) is 0 Å². The van der Waals surface area contributed by atoms with E-state index in [2.05, 4.69) is 9.97 Å². The zero-order chi connectivity index (χ0) is 15.6. The maximum Gasteiger partial charge on any atom is 0.344 e. The number of halogens is 1. The second-order valence-corrected chi connectivity index (χ2v) is 5.33. The minimum Gasteiger partial charge on any atom is -0.609 e. The molecule has 21 heavy (non-hydrogen) atoms. The molecule has 1 aromatic heterocycles. The van der Waals surface area contributed by atoms with Gasteiger partial charge < -0.3 is 15.0 Å². The number of hydrogen-bond acceptors (Lipinski definition) is 6. The molecule has 0 aliphatic carbocycles. The van der Waals surface area contributed by atoms with Crippen LogP contribution in [0.3, 0.4) is 0 Å². The molecule has 2 rings (SSSR count). The number of rotatable bonds is 4. The molecule has 2 N–H and O–H groups in total. The van der Waals surface area contributed by atoms with E-state index in [1.807, 2.05) is 0 Å². The number of carbonyl (C=O) groups excluding carboxylic acids is 1. The fourth-order valence-corrected chi connectivity index (χ4v) is 2.15. The van der Waals surface area contributed by atoms with E-state index >= 15 is 0 Å². The first-order valence-electron chi connectivity index (χ1n) is 5.78. The molecule has 0 radical (unpaired) electrons. The largest absolute Gasteiger partial charge is 0.609 e. The quantitative estimate of drug-likeness (QED) is 0.517. The van der Waals surface area contributed by atoms with Crippen molar-refractivity contribution in [2.45, 2.75) is 5.16 Å². The number of benzene rings is 1. The molecule has 1 aromatic carbocycles. The molecule has 0 bridgehead atoms. The molecule has 8 heteroatoms. The van der Waals surface area contributed by atoms with Crippen molar-refractivity contribution in [1.82, 2.24) is 9.97 Å². The molecule has 1 heterocycles. The van der Waals surface area contributed by atoms with Gasteiger partial charge in [0.05, 0.1) is 12.7 Å². The van der Waals surface area contributed by atoms with Gasteiger partial charge >= 0.3 is 5.16 Å². The van der Waals surface area contributed by atoms with Crippen LogP contribution in [0, 0.1) is 5.82 Å². The lowest BCUT2D eigenvalue weighted by Gasteiger charge is -2.10. The standard InChI is InChI=1S/C13H12FN3O3S/c1-20-9-5-3-4-8(14)10(9)11(18)7-6-16-13(21(2)19)17-12(7)15/h3-6H,1-2H3,(H2,15,16,17). The minimum atomic E-state index is -1.43. The summed E-state index contributed by atoms with van der Waals surface area (Å²) in [5.41, 5.74) is 5.34. The summed E-state index contributed by atoms with van der Waals surface area (Å²) in [6, 6.07) is 4.03.